The molecule has 4 nitrogen and oxygen atoms in total. The van der Waals surface area contributed by atoms with Crippen LogP contribution in [0.5, 0.6) is 5.75 Å². The number of carbonyl (C=O) groups is 2. The van der Waals surface area contributed by atoms with Gasteiger partial charge < -0.3 is 5.11 Å². The third-order valence-corrected chi connectivity index (χ3v) is 2.56. The van der Waals surface area contributed by atoms with Crippen molar-refractivity contribution in [3.05, 3.63) is 23.2 Å². The maximum atomic E-state index is 11.4. The molecule has 5 heteroatoms. The lowest BCUT2D eigenvalue weighted by Gasteiger charge is -2.13. The summed E-state index contributed by atoms with van der Waals surface area (Å²) in [4.78, 5) is 23.8. The highest BCUT2D eigenvalue weighted by atomic mass is 35.5. The predicted octanol–water partition coefficient (Wildman–Crippen LogP) is 1.70. The quantitative estimate of drug-likeness (QED) is 0.740. The van der Waals surface area contributed by atoms with Crippen LogP contribution in [0.1, 0.15) is 12.8 Å². The first-order valence-electron chi connectivity index (χ1n) is 4.44. The lowest BCUT2D eigenvalue weighted by atomic mass is 10.3. The van der Waals surface area contributed by atoms with Gasteiger partial charge >= 0.3 is 0 Å². The van der Waals surface area contributed by atoms with Crippen molar-refractivity contribution < 1.29 is 14.7 Å². The third kappa shape index (κ3) is 1.68. The molecule has 0 aromatic heterocycles. The Bertz CT molecular complexity index is 428. The molecule has 1 aromatic carbocycles. The van der Waals surface area contributed by atoms with Gasteiger partial charge in [0, 0.05) is 18.9 Å². The smallest absolute Gasteiger partial charge is 0.234 e. The molecule has 78 valence electrons. The summed E-state index contributed by atoms with van der Waals surface area (Å²) in [6, 6.07) is 4.29. The lowest BCUT2D eigenvalue weighted by Crippen LogP contribution is -2.28. The molecule has 1 N–H and O–H groups in total. The molecule has 1 fully saturated rings. The number of rotatable bonds is 1. The maximum absolute atomic E-state index is 11.4. The molecule has 0 atom stereocenters. The normalized spacial score (nSPS) is 16.2. The minimum absolute atomic E-state index is 0.137. The van der Waals surface area contributed by atoms with Gasteiger partial charge in [-0.05, 0) is 12.1 Å². The van der Waals surface area contributed by atoms with E-state index in [0.717, 1.165) is 4.90 Å². The van der Waals surface area contributed by atoms with Crippen molar-refractivity contribution in [3.63, 3.8) is 0 Å². The Morgan fingerprint density at radius 1 is 1.20 bits per heavy atom. The highest BCUT2D eigenvalue weighted by Crippen LogP contribution is 2.30. The fourth-order valence-electron chi connectivity index (χ4n) is 1.50. The summed E-state index contributed by atoms with van der Waals surface area (Å²) >= 11 is 5.62. The largest absolute Gasteiger partial charge is 0.506 e. The topological polar surface area (TPSA) is 57.6 Å². The number of phenols is 1. The van der Waals surface area contributed by atoms with Crippen molar-refractivity contribution in [2.24, 2.45) is 0 Å². The average Bonchev–Trinajstić information content (AvgIpc) is 2.52. The van der Waals surface area contributed by atoms with Crippen LogP contribution in [0.25, 0.3) is 0 Å². The molecule has 2 amide bonds. The first-order valence-corrected chi connectivity index (χ1v) is 4.81. The molecule has 2 rings (SSSR count). The average molecular weight is 226 g/mol. The van der Waals surface area contributed by atoms with Gasteiger partial charge in [-0.3, -0.25) is 14.5 Å². The third-order valence-electron chi connectivity index (χ3n) is 2.24. The summed E-state index contributed by atoms with van der Waals surface area (Å²) in [5.41, 5.74) is 0.365. The molecule has 1 aliphatic heterocycles. The van der Waals surface area contributed by atoms with E-state index in [-0.39, 0.29) is 35.4 Å². The van der Waals surface area contributed by atoms with Crippen LogP contribution < -0.4 is 4.90 Å². The zero-order chi connectivity index (χ0) is 11.0. The first kappa shape index (κ1) is 9.98. The van der Waals surface area contributed by atoms with Gasteiger partial charge in [0.25, 0.3) is 0 Å². The molecule has 1 aromatic rings. The number of imide groups is 1. The summed E-state index contributed by atoms with van der Waals surface area (Å²) in [5, 5.41) is 9.54. The standard InChI is InChI=1S/C10H8ClNO3/c11-7-2-1-6(5-8(7)13)12-9(14)3-4-10(12)15/h1-2,5,13H,3-4H2. The summed E-state index contributed by atoms with van der Waals surface area (Å²) in [7, 11) is 0. The van der Waals surface area contributed by atoms with E-state index >= 15 is 0 Å². The molecule has 1 heterocycles. The van der Waals surface area contributed by atoms with Crippen LogP contribution in [-0.4, -0.2) is 16.9 Å². The predicted molar refractivity (Wildman–Crippen MR) is 54.8 cm³/mol. The van der Waals surface area contributed by atoms with E-state index in [2.05, 4.69) is 0 Å². The van der Waals surface area contributed by atoms with Crippen LogP contribution in [0.15, 0.2) is 18.2 Å². The molecule has 0 spiro atoms. The Morgan fingerprint density at radius 3 is 2.33 bits per heavy atom. The van der Waals surface area contributed by atoms with E-state index in [0.29, 0.717) is 5.69 Å². The highest BCUT2D eigenvalue weighted by Gasteiger charge is 2.30. The van der Waals surface area contributed by atoms with Crippen molar-refractivity contribution >= 4 is 29.1 Å². The van der Waals surface area contributed by atoms with E-state index < -0.39 is 0 Å². The number of anilines is 1. The first-order chi connectivity index (χ1) is 7.09. The van der Waals surface area contributed by atoms with Gasteiger partial charge in [0.1, 0.15) is 5.75 Å². The van der Waals surface area contributed by atoms with Crippen molar-refractivity contribution in [2.45, 2.75) is 12.8 Å². The molecule has 0 unspecified atom stereocenters. The number of benzene rings is 1. The van der Waals surface area contributed by atoms with Crippen LogP contribution >= 0.6 is 11.6 Å². The minimum atomic E-state index is -0.248. The Kier molecular flexibility index (Phi) is 2.36. The van der Waals surface area contributed by atoms with Crippen LogP contribution in [0.4, 0.5) is 5.69 Å². The Morgan fingerprint density at radius 2 is 1.80 bits per heavy atom. The fourth-order valence-corrected chi connectivity index (χ4v) is 1.62. The molecule has 1 saturated heterocycles. The van der Waals surface area contributed by atoms with Gasteiger partial charge in [-0.1, -0.05) is 11.6 Å². The van der Waals surface area contributed by atoms with Gasteiger partial charge in [-0.2, -0.15) is 0 Å². The molecular formula is C10H8ClNO3. The molecule has 0 radical (unpaired) electrons. The van der Waals surface area contributed by atoms with E-state index in [4.69, 9.17) is 11.6 Å². The molecule has 0 saturated carbocycles. The number of hydrogen-bond donors (Lipinski definition) is 1. The summed E-state index contributed by atoms with van der Waals surface area (Å²) in [5.74, 6) is -0.634. The van der Waals surface area contributed by atoms with Gasteiger partial charge in [0.2, 0.25) is 11.8 Å². The SMILES string of the molecule is O=C1CCC(=O)N1c1ccc(Cl)c(O)c1. The maximum Gasteiger partial charge on any atom is 0.234 e. The second-order valence-electron chi connectivity index (χ2n) is 3.26. The number of aromatic hydroxyl groups is 1. The minimum Gasteiger partial charge on any atom is -0.506 e. The van der Waals surface area contributed by atoms with Crippen molar-refractivity contribution in [2.75, 3.05) is 4.90 Å². The molecule has 0 bridgehead atoms. The molecule has 15 heavy (non-hydrogen) atoms. The fraction of sp³-hybridized carbons (Fsp3) is 0.200. The van der Waals surface area contributed by atoms with Gasteiger partial charge in [0.15, 0.2) is 0 Å². The summed E-state index contributed by atoms with van der Waals surface area (Å²) < 4.78 is 0. The highest BCUT2D eigenvalue weighted by molar-refractivity contribution is 6.32. The Balaban J connectivity index is 2.41. The van der Waals surface area contributed by atoms with Crippen LogP contribution in [-0.2, 0) is 9.59 Å². The molecule has 1 aliphatic rings. The Labute approximate surface area is 91.1 Å². The number of hydrogen-bond acceptors (Lipinski definition) is 3. The zero-order valence-electron chi connectivity index (χ0n) is 7.74. The van der Waals surface area contributed by atoms with E-state index in [1.807, 2.05) is 0 Å². The van der Waals surface area contributed by atoms with Gasteiger partial charge in [0.05, 0.1) is 10.7 Å². The number of halogens is 1. The van der Waals surface area contributed by atoms with Crippen LogP contribution in [0.2, 0.25) is 5.02 Å². The van der Waals surface area contributed by atoms with Crippen molar-refractivity contribution in [3.8, 4) is 5.75 Å². The molecular weight excluding hydrogens is 218 g/mol. The van der Waals surface area contributed by atoms with Gasteiger partial charge in [-0.15, -0.1) is 0 Å². The summed E-state index contributed by atoms with van der Waals surface area (Å²) in [6.45, 7) is 0. The zero-order valence-corrected chi connectivity index (χ0v) is 8.49. The van der Waals surface area contributed by atoms with E-state index in [1.165, 1.54) is 18.2 Å². The van der Waals surface area contributed by atoms with E-state index in [9.17, 15) is 14.7 Å². The number of nitrogens with zero attached hydrogens (tertiary/aromatic N) is 1. The summed E-state index contributed by atoms with van der Waals surface area (Å²) in [6.07, 6.45) is 0.449. The number of carbonyl (C=O) groups excluding carboxylic acids is 2. The Hall–Kier alpha value is -1.55. The lowest BCUT2D eigenvalue weighted by molar-refractivity contribution is -0.121. The van der Waals surface area contributed by atoms with Gasteiger partial charge in [-0.25, -0.2) is 0 Å². The monoisotopic (exact) mass is 225 g/mol. The van der Waals surface area contributed by atoms with Crippen molar-refractivity contribution in [1.29, 1.82) is 0 Å². The number of amides is 2. The second-order valence-corrected chi connectivity index (χ2v) is 3.67. The van der Waals surface area contributed by atoms with Crippen LogP contribution in [0, 0.1) is 0 Å². The van der Waals surface area contributed by atoms with E-state index in [1.54, 1.807) is 0 Å². The van der Waals surface area contributed by atoms with Crippen LogP contribution in [0.3, 0.4) is 0 Å². The number of phenolic OH excluding ortho intramolecular Hbond substituents is 1. The van der Waals surface area contributed by atoms with Crippen molar-refractivity contribution in [1.82, 2.24) is 0 Å². The second kappa shape index (κ2) is 3.55. The molecule has 0 aliphatic carbocycles.